The van der Waals surface area contributed by atoms with Gasteiger partial charge in [0.15, 0.2) is 24.6 Å². The molecule has 2 rings (SSSR count). The second kappa shape index (κ2) is 8.53. The van der Waals surface area contributed by atoms with E-state index >= 15 is 0 Å². The Bertz CT molecular complexity index is 662. The van der Waals surface area contributed by atoms with Gasteiger partial charge in [-0.2, -0.15) is 15.4 Å². The maximum atomic E-state index is 11.7. The summed E-state index contributed by atoms with van der Waals surface area (Å²) in [7, 11) is 0. The Labute approximate surface area is 147 Å². The molecule has 138 valence electrons. The van der Waals surface area contributed by atoms with Crippen LogP contribution in [0.5, 0.6) is 0 Å². The fourth-order valence-electron chi connectivity index (χ4n) is 2.19. The lowest BCUT2D eigenvalue weighted by atomic mass is 10.0. The van der Waals surface area contributed by atoms with Crippen molar-refractivity contribution in [2.24, 2.45) is 0 Å². The van der Waals surface area contributed by atoms with Crippen molar-refractivity contribution in [3.8, 4) is 0 Å². The van der Waals surface area contributed by atoms with E-state index in [4.69, 9.17) is 27.8 Å². The normalized spacial score (nSPS) is 27.4. The summed E-state index contributed by atoms with van der Waals surface area (Å²) in [6.07, 6.45) is -3.76. The maximum Gasteiger partial charge on any atom is 0.303 e. The van der Waals surface area contributed by atoms with Crippen LogP contribution >= 0.6 is 0 Å². The first kappa shape index (κ1) is 14.8. The molecule has 0 saturated carbocycles. The van der Waals surface area contributed by atoms with Crippen LogP contribution in [0.15, 0.2) is 6.20 Å². The van der Waals surface area contributed by atoms with Crippen molar-refractivity contribution >= 4 is 17.9 Å². The molecule has 1 unspecified atom stereocenters. The van der Waals surface area contributed by atoms with Crippen LogP contribution < -0.4 is 0 Å². The van der Waals surface area contributed by atoms with Gasteiger partial charge < -0.3 is 23.7 Å². The van der Waals surface area contributed by atoms with E-state index < -0.39 is 63.2 Å². The van der Waals surface area contributed by atoms with Crippen molar-refractivity contribution in [2.75, 3.05) is 6.61 Å². The third-order valence-electron chi connectivity index (χ3n) is 3.06. The number of aromatic amines is 1. The predicted octanol–water partition coefficient (Wildman–Crippen LogP) is -0.527. The van der Waals surface area contributed by atoms with E-state index in [1.165, 1.54) is 6.20 Å². The number of rotatable bonds is 6. The van der Waals surface area contributed by atoms with Crippen molar-refractivity contribution in [1.82, 2.24) is 15.4 Å². The highest BCUT2D eigenvalue weighted by Crippen LogP contribution is 2.25. The van der Waals surface area contributed by atoms with E-state index in [9.17, 15) is 14.4 Å². The average Bonchev–Trinajstić information content (AvgIpc) is 3.22. The molecule has 0 radical (unpaired) electrons. The Morgan fingerprint density at radius 3 is 2.52 bits per heavy atom. The zero-order valence-corrected chi connectivity index (χ0v) is 13.1. The van der Waals surface area contributed by atoms with Gasteiger partial charge in [-0.05, 0) is 0 Å². The smallest absolute Gasteiger partial charge is 0.303 e. The fraction of sp³-hybridized carbons (Fsp3) is 0.643. The molecule has 25 heavy (non-hydrogen) atoms. The third kappa shape index (κ3) is 5.50. The van der Waals surface area contributed by atoms with Crippen LogP contribution in [0.3, 0.4) is 0 Å². The van der Waals surface area contributed by atoms with Gasteiger partial charge in [-0.3, -0.25) is 14.4 Å². The maximum absolute atomic E-state index is 11.7. The van der Waals surface area contributed by atoms with Crippen molar-refractivity contribution in [1.29, 1.82) is 0 Å². The molecular formula is C14H19N3O8. The second-order valence-electron chi connectivity index (χ2n) is 4.91. The van der Waals surface area contributed by atoms with Gasteiger partial charge in [0.2, 0.25) is 0 Å². The number of nitrogens with one attached hydrogen (secondary N) is 1. The molecular weight excluding hydrogens is 338 g/mol. The Morgan fingerprint density at radius 2 is 1.88 bits per heavy atom. The van der Waals surface area contributed by atoms with Gasteiger partial charge in [0.25, 0.3) is 0 Å². The topological polar surface area (TPSA) is 139 Å². The summed E-state index contributed by atoms with van der Waals surface area (Å²) >= 11 is 0. The van der Waals surface area contributed by atoms with Gasteiger partial charge in [0.05, 0.1) is 19.4 Å². The van der Waals surface area contributed by atoms with Gasteiger partial charge >= 0.3 is 17.9 Å². The number of carbonyl (C=O) groups excluding carboxylic acids is 3. The largest absolute Gasteiger partial charge is 0.456 e. The van der Waals surface area contributed by atoms with Crippen molar-refractivity contribution in [3.63, 3.8) is 0 Å². The van der Waals surface area contributed by atoms with Gasteiger partial charge in [-0.25, -0.2) is 0 Å². The monoisotopic (exact) mass is 360 g/mol. The Balaban J connectivity index is 2.20. The summed E-state index contributed by atoms with van der Waals surface area (Å²) in [6, 6.07) is 0. The molecule has 0 aliphatic carbocycles. The minimum Gasteiger partial charge on any atom is -0.456 e. The van der Waals surface area contributed by atoms with Crippen LogP contribution in [0, 0.1) is 0 Å². The molecule has 11 nitrogen and oxygen atoms in total. The Kier molecular flexibility index (Phi) is 5.05. The third-order valence-corrected chi connectivity index (χ3v) is 3.06. The standard InChI is InChI=1S/C14H19N3O8/c1-7(18)23-11-6-22-14(21-5-10-4-15-17-16-10)13(25-9(3)20)12(11)24-8(2)19/h4,11-14H,5-6H2,1-3H3,(H,15,16,17)/t11-,12+,13-,14?/m1/s1/i1D,2D,3D. The van der Waals surface area contributed by atoms with Crippen LogP contribution in [0.1, 0.15) is 30.5 Å². The molecule has 11 heteroatoms. The highest BCUT2D eigenvalue weighted by molar-refractivity contribution is 5.68. The molecule has 0 spiro atoms. The molecule has 0 bridgehead atoms. The van der Waals surface area contributed by atoms with Gasteiger partial charge in [-0.15, -0.1) is 0 Å². The molecule has 0 aromatic carbocycles. The number of carbonyl (C=O) groups is 3. The number of hydrogen-bond donors (Lipinski definition) is 1. The molecule has 4 atom stereocenters. The molecule has 1 aliphatic rings. The number of aromatic nitrogens is 3. The minimum atomic E-state index is -1.38. The van der Waals surface area contributed by atoms with E-state index in [-0.39, 0.29) is 13.2 Å². The van der Waals surface area contributed by atoms with Crippen LogP contribution in [0.2, 0.25) is 0 Å². The first-order chi connectivity index (χ1) is 13.5. The van der Waals surface area contributed by atoms with E-state index in [1.807, 2.05) is 0 Å². The molecule has 2 heterocycles. The fourth-order valence-corrected chi connectivity index (χ4v) is 2.19. The number of nitrogens with zero attached hydrogens (tertiary/aromatic N) is 2. The number of ether oxygens (including phenoxy) is 5. The molecule has 1 aliphatic heterocycles. The number of esters is 3. The number of hydrogen-bond acceptors (Lipinski definition) is 10. The zero-order chi connectivity index (χ0) is 20.5. The van der Waals surface area contributed by atoms with E-state index in [0.29, 0.717) is 5.69 Å². The second-order valence-corrected chi connectivity index (χ2v) is 4.91. The molecule has 1 fully saturated rings. The van der Waals surface area contributed by atoms with Gasteiger partial charge in [0.1, 0.15) is 5.69 Å². The molecule has 1 aromatic heterocycles. The number of H-pyrrole nitrogens is 1. The average molecular weight is 360 g/mol. The van der Waals surface area contributed by atoms with Crippen LogP contribution in [0.4, 0.5) is 0 Å². The van der Waals surface area contributed by atoms with Crippen molar-refractivity contribution < 1.29 is 42.2 Å². The predicted molar refractivity (Wildman–Crippen MR) is 77.6 cm³/mol. The summed E-state index contributed by atoms with van der Waals surface area (Å²) in [6.45, 7) is -2.49. The quantitative estimate of drug-likeness (QED) is 0.520. The SMILES string of the molecule is [2H]CC(=O)O[C@H]1[C@H](OC(=O)C[2H])COC(OCc2cn[nH]n2)[C@@H]1OC(=O)C[2H]. The Morgan fingerprint density at radius 1 is 1.20 bits per heavy atom. The summed E-state index contributed by atoms with van der Waals surface area (Å²) in [5.74, 6) is -2.82. The Hall–Kier alpha value is -2.53. The summed E-state index contributed by atoms with van der Waals surface area (Å²) in [5.41, 5.74) is 0.414. The van der Waals surface area contributed by atoms with Crippen molar-refractivity contribution in [3.05, 3.63) is 11.9 Å². The first-order valence-electron chi connectivity index (χ1n) is 9.14. The van der Waals surface area contributed by atoms with Crippen molar-refractivity contribution in [2.45, 2.75) is 51.9 Å². The van der Waals surface area contributed by atoms with Crippen LogP contribution in [-0.2, 0) is 44.7 Å². The zero-order valence-electron chi connectivity index (χ0n) is 16.1. The first-order valence-corrected chi connectivity index (χ1v) is 7.02. The summed E-state index contributed by atoms with van der Waals surface area (Å²) in [4.78, 5) is 34.8. The summed E-state index contributed by atoms with van der Waals surface area (Å²) < 4.78 is 47.5. The summed E-state index contributed by atoms with van der Waals surface area (Å²) in [5, 5.41) is 9.80. The van der Waals surface area contributed by atoms with Gasteiger partial charge in [0, 0.05) is 24.8 Å². The van der Waals surface area contributed by atoms with E-state index in [0.717, 1.165) is 0 Å². The molecule has 1 saturated heterocycles. The highest BCUT2D eigenvalue weighted by Gasteiger charge is 2.47. The molecule has 1 N–H and O–H groups in total. The minimum absolute atomic E-state index is 0.0909. The lowest BCUT2D eigenvalue weighted by Crippen LogP contribution is -2.58. The van der Waals surface area contributed by atoms with Crippen LogP contribution in [0.25, 0.3) is 0 Å². The van der Waals surface area contributed by atoms with E-state index in [2.05, 4.69) is 15.4 Å². The van der Waals surface area contributed by atoms with E-state index in [1.54, 1.807) is 0 Å². The lowest BCUT2D eigenvalue weighted by Gasteiger charge is -2.40. The molecule has 1 aromatic rings. The van der Waals surface area contributed by atoms with Gasteiger partial charge in [-0.1, -0.05) is 0 Å². The van der Waals surface area contributed by atoms with Crippen LogP contribution in [-0.4, -0.2) is 64.5 Å². The molecule has 0 amide bonds. The highest BCUT2D eigenvalue weighted by atomic mass is 16.7. The lowest BCUT2D eigenvalue weighted by molar-refractivity contribution is -0.283.